The maximum absolute atomic E-state index is 11.4. The van der Waals surface area contributed by atoms with E-state index in [2.05, 4.69) is 5.32 Å². The Bertz CT molecular complexity index is 528. The lowest BCUT2D eigenvalue weighted by atomic mass is 10.2. The van der Waals surface area contributed by atoms with Crippen molar-refractivity contribution in [2.24, 2.45) is 5.14 Å². The molecule has 0 aliphatic rings. The van der Waals surface area contributed by atoms with Crippen molar-refractivity contribution in [2.45, 2.75) is 13.3 Å². The first-order chi connectivity index (χ1) is 8.87. The van der Waals surface area contributed by atoms with Crippen LogP contribution in [0.1, 0.15) is 12.0 Å². The highest BCUT2D eigenvalue weighted by molar-refractivity contribution is 7.89. The van der Waals surface area contributed by atoms with E-state index in [1.54, 1.807) is 0 Å². The molecule has 6 nitrogen and oxygen atoms in total. The number of aryl methyl sites for hydroxylation is 1. The Balaban J connectivity index is 2.20. The molecule has 0 aromatic heterocycles. The minimum Gasteiger partial charge on any atom is -0.493 e. The number of hydrogen-bond acceptors (Lipinski definition) is 4. The first-order valence-corrected chi connectivity index (χ1v) is 7.55. The van der Waals surface area contributed by atoms with Crippen molar-refractivity contribution in [1.82, 2.24) is 5.32 Å². The van der Waals surface area contributed by atoms with Gasteiger partial charge >= 0.3 is 0 Å². The van der Waals surface area contributed by atoms with E-state index < -0.39 is 10.0 Å². The normalized spacial score (nSPS) is 11.1. The molecule has 1 aromatic rings. The standard InChI is InChI=1S/C12H18N2O4S/c1-10-3-2-4-11(9-10)18-7-5-12(15)14-6-8-19(13,16)17/h2-4,9H,5-8H2,1H3,(H,14,15)(H2,13,16,17). The summed E-state index contributed by atoms with van der Waals surface area (Å²) in [6, 6.07) is 7.51. The zero-order valence-electron chi connectivity index (χ0n) is 10.8. The smallest absolute Gasteiger partial charge is 0.223 e. The van der Waals surface area contributed by atoms with E-state index in [9.17, 15) is 13.2 Å². The average molecular weight is 286 g/mol. The van der Waals surface area contributed by atoms with Crippen LogP contribution in [0, 0.1) is 6.92 Å². The third kappa shape index (κ3) is 7.43. The first-order valence-electron chi connectivity index (χ1n) is 5.83. The molecule has 106 valence electrons. The summed E-state index contributed by atoms with van der Waals surface area (Å²) in [5, 5.41) is 7.27. The lowest BCUT2D eigenvalue weighted by Crippen LogP contribution is -2.32. The van der Waals surface area contributed by atoms with Crippen LogP contribution >= 0.6 is 0 Å². The Kier molecular flexibility index (Phi) is 5.78. The molecule has 0 radical (unpaired) electrons. The lowest BCUT2D eigenvalue weighted by Gasteiger charge is -2.07. The fourth-order valence-electron chi connectivity index (χ4n) is 1.39. The van der Waals surface area contributed by atoms with Crippen molar-refractivity contribution < 1.29 is 17.9 Å². The fraction of sp³-hybridized carbons (Fsp3) is 0.417. The molecule has 19 heavy (non-hydrogen) atoms. The molecule has 0 aliphatic heterocycles. The highest BCUT2D eigenvalue weighted by Crippen LogP contribution is 2.12. The van der Waals surface area contributed by atoms with E-state index in [-0.39, 0.29) is 31.2 Å². The van der Waals surface area contributed by atoms with Gasteiger partial charge in [0.2, 0.25) is 15.9 Å². The van der Waals surface area contributed by atoms with Crippen LogP contribution in [0.3, 0.4) is 0 Å². The summed E-state index contributed by atoms with van der Waals surface area (Å²) in [6.45, 7) is 2.21. The summed E-state index contributed by atoms with van der Waals surface area (Å²) >= 11 is 0. The zero-order chi connectivity index (χ0) is 14.3. The molecule has 1 rings (SSSR count). The molecule has 0 unspecified atom stereocenters. The second kappa shape index (κ2) is 7.10. The van der Waals surface area contributed by atoms with E-state index in [0.29, 0.717) is 5.75 Å². The number of nitrogens with one attached hydrogen (secondary N) is 1. The molecular weight excluding hydrogens is 268 g/mol. The van der Waals surface area contributed by atoms with Crippen LogP contribution in [-0.4, -0.2) is 33.2 Å². The third-order valence-corrected chi connectivity index (χ3v) is 3.07. The molecule has 3 N–H and O–H groups in total. The number of carbonyl (C=O) groups is 1. The van der Waals surface area contributed by atoms with Gasteiger partial charge in [-0.15, -0.1) is 0 Å². The number of ether oxygens (including phenoxy) is 1. The summed E-state index contributed by atoms with van der Waals surface area (Å²) in [4.78, 5) is 11.4. The number of rotatable bonds is 7. The number of benzene rings is 1. The van der Waals surface area contributed by atoms with Gasteiger partial charge in [-0.05, 0) is 24.6 Å². The van der Waals surface area contributed by atoms with Crippen LogP contribution in [0.2, 0.25) is 0 Å². The summed E-state index contributed by atoms with van der Waals surface area (Å²) < 4.78 is 26.7. The van der Waals surface area contributed by atoms with Crippen molar-refractivity contribution in [2.75, 3.05) is 18.9 Å². The molecule has 0 heterocycles. The van der Waals surface area contributed by atoms with Crippen molar-refractivity contribution >= 4 is 15.9 Å². The maximum Gasteiger partial charge on any atom is 0.223 e. The summed E-state index contributed by atoms with van der Waals surface area (Å²) in [7, 11) is -3.53. The van der Waals surface area contributed by atoms with Crippen LogP contribution in [0.25, 0.3) is 0 Å². The second-order valence-electron chi connectivity index (χ2n) is 4.13. The maximum atomic E-state index is 11.4. The van der Waals surface area contributed by atoms with Gasteiger partial charge in [0.15, 0.2) is 0 Å². The first kappa shape index (κ1) is 15.5. The van der Waals surface area contributed by atoms with Gasteiger partial charge in [-0.25, -0.2) is 13.6 Å². The Morgan fingerprint density at radius 2 is 2.16 bits per heavy atom. The predicted molar refractivity (Wildman–Crippen MR) is 72.3 cm³/mol. The Hall–Kier alpha value is -1.60. The molecule has 0 saturated heterocycles. The molecule has 0 atom stereocenters. The summed E-state index contributed by atoms with van der Waals surface area (Å²) in [5.74, 6) is 0.172. The van der Waals surface area contributed by atoms with E-state index in [1.165, 1.54) is 0 Å². The third-order valence-electron chi connectivity index (χ3n) is 2.30. The minimum atomic E-state index is -3.53. The second-order valence-corrected chi connectivity index (χ2v) is 5.87. The van der Waals surface area contributed by atoms with Crippen molar-refractivity contribution in [3.8, 4) is 5.75 Å². The van der Waals surface area contributed by atoms with Gasteiger partial charge in [0.25, 0.3) is 0 Å². The average Bonchev–Trinajstić information content (AvgIpc) is 2.27. The molecular formula is C12H18N2O4S. The zero-order valence-corrected chi connectivity index (χ0v) is 11.6. The number of amides is 1. The van der Waals surface area contributed by atoms with E-state index in [1.807, 2.05) is 31.2 Å². The molecule has 0 aliphatic carbocycles. The SMILES string of the molecule is Cc1cccc(OCCC(=O)NCCS(N)(=O)=O)c1. The van der Waals surface area contributed by atoms with Gasteiger partial charge in [0, 0.05) is 6.54 Å². The Morgan fingerprint density at radius 1 is 1.42 bits per heavy atom. The molecule has 1 amide bonds. The number of hydrogen-bond donors (Lipinski definition) is 2. The van der Waals surface area contributed by atoms with Crippen molar-refractivity contribution in [3.63, 3.8) is 0 Å². The van der Waals surface area contributed by atoms with Crippen molar-refractivity contribution in [1.29, 1.82) is 0 Å². The highest BCUT2D eigenvalue weighted by atomic mass is 32.2. The number of primary sulfonamides is 1. The van der Waals surface area contributed by atoms with E-state index in [4.69, 9.17) is 9.88 Å². The van der Waals surface area contributed by atoms with Crippen LogP contribution in [0.5, 0.6) is 5.75 Å². The predicted octanol–water partition coefficient (Wildman–Crippen LogP) is 0.169. The van der Waals surface area contributed by atoms with Crippen LogP contribution in [0.4, 0.5) is 0 Å². The number of sulfonamides is 1. The topological polar surface area (TPSA) is 98.5 Å². The minimum absolute atomic E-state index is 0.0160. The highest BCUT2D eigenvalue weighted by Gasteiger charge is 2.05. The summed E-state index contributed by atoms with van der Waals surface area (Å²) in [6.07, 6.45) is 0.165. The molecule has 0 fully saturated rings. The van der Waals surface area contributed by atoms with Crippen molar-refractivity contribution in [3.05, 3.63) is 29.8 Å². The van der Waals surface area contributed by atoms with Gasteiger partial charge in [0.1, 0.15) is 5.75 Å². The van der Waals surface area contributed by atoms with E-state index in [0.717, 1.165) is 5.56 Å². The molecule has 0 saturated carbocycles. The number of carbonyl (C=O) groups excluding carboxylic acids is 1. The van der Waals surface area contributed by atoms with Gasteiger partial charge in [0.05, 0.1) is 18.8 Å². The number of nitrogens with two attached hydrogens (primary N) is 1. The largest absolute Gasteiger partial charge is 0.493 e. The van der Waals surface area contributed by atoms with Crippen LogP contribution < -0.4 is 15.2 Å². The Labute approximate surface area is 113 Å². The lowest BCUT2D eigenvalue weighted by molar-refractivity contribution is -0.121. The van der Waals surface area contributed by atoms with Gasteiger partial charge in [-0.2, -0.15) is 0 Å². The summed E-state index contributed by atoms with van der Waals surface area (Å²) in [5.41, 5.74) is 1.08. The monoisotopic (exact) mass is 286 g/mol. The Morgan fingerprint density at radius 3 is 2.79 bits per heavy atom. The van der Waals surface area contributed by atoms with E-state index >= 15 is 0 Å². The van der Waals surface area contributed by atoms with Gasteiger partial charge in [-0.1, -0.05) is 12.1 Å². The van der Waals surface area contributed by atoms with Gasteiger partial charge in [-0.3, -0.25) is 4.79 Å². The van der Waals surface area contributed by atoms with Crippen LogP contribution in [-0.2, 0) is 14.8 Å². The molecule has 7 heteroatoms. The quantitative estimate of drug-likeness (QED) is 0.746. The van der Waals surface area contributed by atoms with Gasteiger partial charge < -0.3 is 10.1 Å². The van der Waals surface area contributed by atoms with Crippen LogP contribution in [0.15, 0.2) is 24.3 Å². The molecule has 0 bridgehead atoms. The fourth-order valence-corrected chi connectivity index (χ4v) is 1.77. The molecule has 1 aromatic carbocycles. The molecule has 0 spiro atoms.